The molecule has 0 atom stereocenters. The number of amides is 3. The number of rotatable bonds is 18. The first-order valence-electron chi connectivity index (χ1n) is 11.2. The van der Waals surface area contributed by atoms with Gasteiger partial charge in [-0.25, -0.2) is 4.90 Å². The lowest BCUT2D eigenvalue weighted by Crippen LogP contribution is -2.36. The van der Waals surface area contributed by atoms with E-state index in [0.29, 0.717) is 31.3 Å². The van der Waals surface area contributed by atoms with Crippen LogP contribution in [0.5, 0.6) is 0 Å². The number of benzene rings is 1. The molecular weight excluding hydrogens is 484 g/mol. The molecule has 0 spiro atoms. The number of anilines is 1. The summed E-state index contributed by atoms with van der Waals surface area (Å²) in [5.41, 5.74) is -0.588. The number of nitro groups is 2. The van der Waals surface area contributed by atoms with Crippen molar-refractivity contribution in [2.45, 2.75) is 19.3 Å². The zero-order valence-corrected chi connectivity index (χ0v) is 19.5. The Morgan fingerprint density at radius 1 is 0.833 bits per heavy atom. The van der Waals surface area contributed by atoms with Gasteiger partial charge in [0.2, 0.25) is 17.7 Å². The van der Waals surface area contributed by atoms with Crippen LogP contribution in [0, 0.1) is 20.2 Å². The van der Waals surface area contributed by atoms with Gasteiger partial charge in [0, 0.05) is 25.5 Å². The highest BCUT2D eigenvalue weighted by Gasteiger charge is 2.33. The molecule has 36 heavy (non-hydrogen) atoms. The van der Waals surface area contributed by atoms with Gasteiger partial charge in [0.15, 0.2) is 0 Å². The van der Waals surface area contributed by atoms with Crippen molar-refractivity contribution in [3.63, 3.8) is 0 Å². The SMILES string of the molecule is O=C(CCOCCOCCOCCOCCNc1ccc([N+](=O)[O-])cc1[N+](=O)[O-])N1C(=O)CCC1=O. The molecule has 1 fully saturated rings. The molecule has 3 amide bonds. The second-order valence-electron chi connectivity index (χ2n) is 7.36. The van der Waals surface area contributed by atoms with Crippen LogP contribution in [0.15, 0.2) is 18.2 Å². The topological polar surface area (TPSA) is 190 Å². The molecule has 0 bridgehead atoms. The standard InChI is InChI=1S/C21H28N4O11/c26-19-3-4-20(27)23(19)21(28)5-7-33-9-11-35-13-14-36-12-10-34-8-6-22-17-2-1-16(24(29)30)15-18(17)25(31)32/h1-2,15,22H,3-14H2. The zero-order chi connectivity index (χ0) is 26.3. The van der Waals surface area contributed by atoms with E-state index in [-0.39, 0.29) is 69.3 Å². The molecule has 1 aromatic rings. The van der Waals surface area contributed by atoms with Crippen molar-refractivity contribution in [1.29, 1.82) is 0 Å². The van der Waals surface area contributed by atoms with Crippen molar-refractivity contribution >= 4 is 34.8 Å². The fourth-order valence-corrected chi connectivity index (χ4v) is 3.08. The summed E-state index contributed by atoms with van der Waals surface area (Å²) in [6, 6.07) is 3.36. The van der Waals surface area contributed by atoms with Gasteiger partial charge >= 0.3 is 0 Å². The molecule has 1 heterocycles. The summed E-state index contributed by atoms with van der Waals surface area (Å²) in [7, 11) is 0. The summed E-state index contributed by atoms with van der Waals surface area (Å²) >= 11 is 0. The summed E-state index contributed by atoms with van der Waals surface area (Å²) in [6.07, 6.45) is 0.0876. The Morgan fingerprint density at radius 2 is 1.36 bits per heavy atom. The number of hydrogen-bond donors (Lipinski definition) is 1. The second kappa shape index (κ2) is 15.5. The van der Waals surface area contributed by atoms with Crippen molar-refractivity contribution in [1.82, 2.24) is 4.90 Å². The van der Waals surface area contributed by atoms with Gasteiger partial charge in [0.05, 0.1) is 75.2 Å². The first-order valence-corrected chi connectivity index (χ1v) is 11.2. The van der Waals surface area contributed by atoms with E-state index in [1.54, 1.807) is 0 Å². The van der Waals surface area contributed by atoms with Crippen molar-refractivity contribution in [3.05, 3.63) is 38.4 Å². The number of ether oxygens (including phenoxy) is 4. The quantitative estimate of drug-likeness (QED) is 0.127. The fourth-order valence-electron chi connectivity index (χ4n) is 3.08. The van der Waals surface area contributed by atoms with Gasteiger partial charge in [-0.05, 0) is 6.07 Å². The summed E-state index contributed by atoms with van der Waals surface area (Å²) in [5, 5.41) is 24.6. The lowest BCUT2D eigenvalue weighted by molar-refractivity contribution is -0.393. The Balaban J connectivity index is 1.41. The van der Waals surface area contributed by atoms with Gasteiger partial charge in [-0.1, -0.05) is 0 Å². The normalized spacial score (nSPS) is 13.3. The van der Waals surface area contributed by atoms with E-state index in [1.165, 1.54) is 12.1 Å². The van der Waals surface area contributed by atoms with Gasteiger partial charge in [-0.3, -0.25) is 34.6 Å². The minimum atomic E-state index is -0.699. The predicted molar refractivity (Wildman–Crippen MR) is 122 cm³/mol. The molecule has 1 aromatic carbocycles. The van der Waals surface area contributed by atoms with Crippen LogP contribution in [0.1, 0.15) is 19.3 Å². The molecule has 0 radical (unpaired) electrons. The van der Waals surface area contributed by atoms with E-state index in [1.807, 2.05) is 0 Å². The molecule has 0 aliphatic carbocycles. The molecule has 0 aromatic heterocycles. The monoisotopic (exact) mass is 512 g/mol. The number of nitrogens with zero attached hydrogens (tertiary/aromatic N) is 3. The van der Waals surface area contributed by atoms with Crippen LogP contribution < -0.4 is 5.32 Å². The number of non-ortho nitro benzene ring substituents is 1. The van der Waals surface area contributed by atoms with Crippen molar-refractivity contribution in [2.75, 3.05) is 64.7 Å². The molecular formula is C21H28N4O11. The lowest BCUT2D eigenvalue weighted by Gasteiger charge is -2.11. The highest BCUT2D eigenvalue weighted by atomic mass is 16.6. The molecule has 0 saturated carbocycles. The number of hydrogen-bond acceptors (Lipinski definition) is 12. The molecule has 2 rings (SSSR count). The maximum absolute atomic E-state index is 11.8. The zero-order valence-electron chi connectivity index (χ0n) is 19.5. The van der Waals surface area contributed by atoms with E-state index < -0.39 is 27.6 Å². The molecule has 15 nitrogen and oxygen atoms in total. The van der Waals surface area contributed by atoms with E-state index >= 15 is 0 Å². The third kappa shape index (κ3) is 9.61. The number of carbonyl (C=O) groups excluding carboxylic acids is 3. The largest absolute Gasteiger partial charge is 0.379 e. The average Bonchev–Trinajstić information content (AvgIpc) is 3.18. The number of imide groups is 3. The van der Waals surface area contributed by atoms with Crippen LogP contribution >= 0.6 is 0 Å². The second-order valence-corrected chi connectivity index (χ2v) is 7.36. The minimum Gasteiger partial charge on any atom is -0.379 e. The lowest BCUT2D eigenvalue weighted by atomic mass is 10.2. The summed E-state index contributed by atoms with van der Waals surface area (Å²) in [5.74, 6) is -1.49. The van der Waals surface area contributed by atoms with Crippen molar-refractivity contribution in [3.8, 4) is 0 Å². The van der Waals surface area contributed by atoms with Crippen LogP contribution in [-0.4, -0.2) is 91.9 Å². The smallest absolute Gasteiger partial charge is 0.299 e. The Morgan fingerprint density at radius 3 is 1.89 bits per heavy atom. The first-order chi connectivity index (χ1) is 17.3. The van der Waals surface area contributed by atoms with Gasteiger partial charge in [0.1, 0.15) is 5.69 Å². The Kier molecular flexibility index (Phi) is 12.3. The maximum Gasteiger partial charge on any atom is 0.299 e. The maximum atomic E-state index is 11.8. The number of carbonyl (C=O) groups is 3. The number of nitro benzene ring substituents is 2. The summed E-state index contributed by atoms with van der Waals surface area (Å²) in [6.45, 7) is 2.38. The Bertz CT molecular complexity index is 924. The highest BCUT2D eigenvalue weighted by molar-refractivity contribution is 6.14. The Hall–Kier alpha value is -3.53. The molecule has 15 heteroatoms. The van der Waals surface area contributed by atoms with Crippen LogP contribution in [0.2, 0.25) is 0 Å². The Labute approximate surface area is 205 Å². The van der Waals surface area contributed by atoms with Crippen LogP contribution in [0.4, 0.5) is 17.1 Å². The first kappa shape index (κ1) is 28.7. The molecule has 0 unspecified atom stereocenters. The van der Waals surface area contributed by atoms with Crippen LogP contribution in [-0.2, 0) is 33.3 Å². The van der Waals surface area contributed by atoms with Gasteiger partial charge in [-0.2, -0.15) is 0 Å². The third-order valence-electron chi connectivity index (χ3n) is 4.83. The van der Waals surface area contributed by atoms with Crippen molar-refractivity contribution in [2.24, 2.45) is 0 Å². The molecule has 1 aliphatic rings. The van der Waals surface area contributed by atoms with Gasteiger partial charge < -0.3 is 24.3 Å². The molecule has 1 aliphatic heterocycles. The van der Waals surface area contributed by atoms with Crippen LogP contribution in [0.3, 0.4) is 0 Å². The summed E-state index contributed by atoms with van der Waals surface area (Å²) in [4.78, 5) is 55.8. The van der Waals surface area contributed by atoms with Crippen LogP contribution in [0.25, 0.3) is 0 Å². The third-order valence-corrected chi connectivity index (χ3v) is 4.83. The molecule has 1 saturated heterocycles. The van der Waals surface area contributed by atoms with Crippen molar-refractivity contribution < 1.29 is 43.2 Å². The number of nitrogens with one attached hydrogen (secondary N) is 1. The van der Waals surface area contributed by atoms with Gasteiger partial charge in [-0.15, -0.1) is 0 Å². The fraction of sp³-hybridized carbons (Fsp3) is 0.571. The van der Waals surface area contributed by atoms with E-state index in [9.17, 15) is 34.6 Å². The summed E-state index contributed by atoms with van der Waals surface area (Å²) < 4.78 is 21.3. The highest BCUT2D eigenvalue weighted by Crippen LogP contribution is 2.28. The minimum absolute atomic E-state index is 0.0547. The van der Waals surface area contributed by atoms with E-state index in [4.69, 9.17) is 18.9 Å². The molecule has 198 valence electrons. The average molecular weight is 512 g/mol. The van der Waals surface area contributed by atoms with Gasteiger partial charge in [0.25, 0.3) is 11.4 Å². The van der Waals surface area contributed by atoms with E-state index in [0.717, 1.165) is 6.07 Å². The number of likely N-dealkylation sites (tertiary alicyclic amines) is 1. The predicted octanol–water partition coefficient (Wildman–Crippen LogP) is 1.05. The molecule has 1 N–H and O–H groups in total. The van der Waals surface area contributed by atoms with E-state index in [2.05, 4.69) is 5.32 Å².